The van der Waals surface area contributed by atoms with Crippen LogP contribution in [0.1, 0.15) is 13.3 Å². The van der Waals surface area contributed by atoms with E-state index in [-0.39, 0.29) is 6.04 Å². The summed E-state index contributed by atoms with van der Waals surface area (Å²) in [6.07, 6.45) is 2.75. The van der Waals surface area contributed by atoms with Crippen LogP contribution in [0.2, 0.25) is 0 Å². The van der Waals surface area contributed by atoms with Crippen molar-refractivity contribution in [1.82, 2.24) is 4.98 Å². The molecule has 0 saturated carbocycles. The van der Waals surface area contributed by atoms with E-state index >= 15 is 0 Å². The van der Waals surface area contributed by atoms with E-state index in [9.17, 15) is 0 Å². The Balaban J connectivity index is 2.13. The second-order valence-corrected chi connectivity index (χ2v) is 5.28. The van der Waals surface area contributed by atoms with Gasteiger partial charge >= 0.3 is 0 Å². The fourth-order valence-electron chi connectivity index (χ4n) is 0.782. The first kappa shape index (κ1) is 11.5. The van der Waals surface area contributed by atoms with Gasteiger partial charge in [-0.1, -0.05) is 16.9 Å². The molecule has 1 aromatic heterocycles. The normalized spacial score (nSPS) is 12.4. The lowest BCUT2D eigenvalue weighted by Crippen LogP contribution is -1.96. The maximum Gasteiger partial charge on any atom is 0.106 e. The van der Waals surface area contributed by atoms with Crippen LogP contribution in [0, 0.1) is 5.53 Å². The predicted molar refractivity (Wildman–Crippen MR) is 61.8 cm³/mol. The number of rotatable bonds is 6. The number of nitrogens with one attached hydrogen (secondary N) is 1. The van der Waals surface area contributed by atoms with Crippen LogP contribution in [-0.2, 0) is 0 Å². The molecule has 0 radical (unpaired) electrons. The minimum Gasteiger partial charge on any atom is -0.249 e. The summed E-state index contributed by atoms with van der Waals surface area (Å²) in [4.78, 5) is 4.20. The van der Waals surface area contributed by atoms with Crippen LogP contribution >= 0.6 is 21.6 Å². The Bertz CT molecular complexity index is 266. The minimum atomic E-state index is 0.145. The standard InChI is InChI=1S/C9H13N3S2/c1-8(12-10)5-7-13-14-9-4-2-3-6-11-9/h2-4,6,8,10H,5,7H2,1H3. The van der Waals surface area contributed by atoms with E-state index in [1.54, 1.807) is 27.8 Å². The molecule has 0 aromatic carbocycles. The number of hydrogen-bond acceptors (Lipinski definition) is 5. The number of nitrogens with zero attached hydrogens (tertiary/aromatic N) is 2. The molecule has 1 aromatic rings. The third-order valence-corrected chi connectivity index (χ3v) is 3.92. The Kier molecular flexibility index (Phi) is 5.63. The number of pyridine rings is 1. The van der Waals surface area contributed by atoms with E-state index in [0.717, 1.165) is 17.2 Å². The van der Waals surface area contributed by atoms with Crippen LogP contribution in [0.25, 0.3) is 0 Å². The van der Waals surface area contributed by atoms with Crippen molar-refractivity contribution in [1.29, 1.82) is 5.53 Å². The molecule has 1 rings (SSSR count). The lowest BCUT2D eigenvalue weighted by molar-refractivity contribution is 0.666. The minimum absolute atomic E-state index is 0.145. The summed E-state index contributed by atoms with van der Waals surface area (Å²) < 4.78 is 0. The summed E-state index contributed by atoms with van der Waals surface area (Å²) >= 11 is 0. The third-order valence-electron chi connectivity index (χ3n) is 1.62. The lowest BCUT2D eigenvalue weighted by atomic mass is 10.3. The van der Waals surface area contributed by atoms with Crippen molar-refractivity contribution in [3.63, 3.8) is 0 Å². The van der Waals surface area contributed by atoms with Crippen LogP contribution in [0.3, 0.4) is 0 Å². The van der Waals surface area contributed by atoms with Crippen molar-refractivity contribution < 1.29 is 0 Å². The second-order valence-electron chi connectivity index (χ2n) is 2.84. The maximum absolute atomic E-state index is 6.80. The average Bonchev–Trinajstić information content (AvgIpc) is 2.25. The first-order valence-corrected chi connectivity index (χ1v) is 6.72. The smallest absolute Gasteiger partial charge is 0.106 e. The topological polar surface area (TPSA) is 49.1 Å². The van der Waals surface area contributed by atoms with Crippen LogP contribution in [0.15, 0.2) is 34.5 Å². The van der Waals surface area contributed by atoms with Gasteiger partial charge in [0.2, 0.25) is 0 Å². The van der Waals surface area contributed by atoms with Crippen LogP contribution in [0.5, 0.6) is 0 Å². The fourth-order valence-corrected chi connectivity index (χ4v) is 2.86. The monoisotopic (exact) mass is 227 g/mol. The van der Waals surface area contributed by atoms with Gasteiger partial charge in [-0.25, -0.2) is 10.5 Å². The molecular formula is C9H13N3S2. The number of aromatic nitrogens is 1. The molecular weight excluding hydrogens is 214 g/mol. The molecule has 14 heavy (non-hydrogen) atoms. The lowest BCUT2D eigenvalue weighted by Gasteiger charge is -2.02. The maximum atomic E-state index is 6.80. The van der Waals surface area contributed by atoms with E-state index in [1.807, 2.05) is 25.1 Å². The molecule has 76 valence electrons. The molecule has 3 nitrogen and oxygen atoms in total. The van der Waals surface area contributed by atoms with Gasteiger partial charge in [-0.05, 0) is 36.3 Å². The molecule has 1 atom stereocenters. The van der Waals surface area contributed by atoms with E-state index in [1.165, 1.54) is 0 Å². The summed E-state index contributed by atoms with van der Waals surface area (Å²) in [5, 5.41) is 4.48. The molecule has 0 bridgehead atoms. The van der Waals surface area contributed by atoms with Crippen LogP contribution in [0.4, 0.5) is 0 Å². The highest BCUT2D eigenvalue weighted by Crippen LogP contribution is 2.29. The van der Waals surface area contributed by atoms with Crippen LogP contribution < -0.4 is 0 Å². The fraction of sp³-hybridized carbons (Fsp3) is 0.444. The van der Waals surface area contributed by atoms with Gasteiger partial charge in [0, 0.05) is 11.9 Å². The van der Waals surface area contributed by atoms with E-state index in [0.29, 0.717) is 0 Å². The van der Waals surface area contributed by atoms with Crippen molar-refractivity contribution in [3.8, 4) is 0 Å². The molecule has 1 N–H and O–H groups in total. The summed E-state index contributed by atoms with van der Waals surface area (Å²) in [7, 11) is 3.44. The van der Waals surface area contributed by atoms with Gasteiger partial charge in [-0.15, -0.1) is 0 Å². The van der Waals surface area contributed by atoms with Crippen LogP contribution in [-0.4, -0.2) is 16.8 Å². The highest BCUT2D eigenvalue weighted by Gasteiger charge is 1.99. The molecule has 0 aliphatic heterocycles. The zero-order chi connectivity index (χ0) is 10.2. The van der Waals surface area contributed by atoms with E-state index in [2.05, 4.69) is 10.1 Å². The van der Waals surface area contributed by atoms with Gasteiger partial charge in [0.25, 0.3) is 0 Å². The molecule has 0 aliphatic carbocycles. The molecule has 0 aliphatic rings. The molecule has 0 amide bonds. The van der Waals surface area contributed by atoms with Crippen molar-refractivity contribution >= 4 is 21.6 Å². The Labute approximate surface area is 92.0 Å². The molecule has 1 heterocycles. The Morgan fingerprint density at radius 1 is 1.57 bits per heavy atom. The summed E-state index contributed by atoms with van der Waals surface area (Å²) in [5.74, 6) is 1.00. The largest absolute Gasteiger partial charge is 0.249 e. The first-order chi connectivity index (χ1) is 6.83. The molecule has 0 fully saturated rings. The third kappa shape index (κ3) is 4.62. The van der Waals surface area contributed by atoms with Gasteiger partial charge in [-0.3, -0.25) is 0 Å². The molecule has 1 unspecified atom stereocenters. The predicted octanol–water partition coefficient (Wildman–Crippen LogP) is 3.63. The summed E-state index contributed by atoms with van der Waals surface area (Å²) in [6, 6.07) is 6.04. The first-order valence-electron chi connectivity index (χ1n) is 4.40. The highest BCUT2D eigenvalue weighted by molar-refractivity contribution is 8.76. The SMILES string of the molecule is CC(CCSSc1ccccn1)N=N. The zero-order valence-corrected chi connectivity index (χ0v) is 9.64. The molecule has 0 saturated heterocycles. The van der Waals surface area contributed by atoms with Gasteiger partial charge in [-0.2, -0.15) is 5.11 Å². The van der Waals surface area contributed by atoms with Gasteiger partial charge in [0.05, 0.1) is 6.04 Å². The Morgan fingerprint density at radius 3 is 3.07 bits per heavy atom. The van der Waals surface area contributed by atoms with Crippen molar-refractivity contribution in [2.24, 2.45) is 5.11 Å². The van der Waals surface area contributed by atoms with Gasteiger partial charge < -0.3 is 0 Å². The Morgan fingerprint density at radius 2 is 2.43 bits per heavy atom. The van der Waals surface area contributed by atoms with E-state index in [4.69, 9.17) is 5.53 Å². The molecule has 5 heteroatoms. The van der Waals surface area contributed by atoms with Crippen molar-refractivity contribution in [2.45, 2.75) is 24.4 Å². The summed E-state index contributed by atoms with van der Waals surface area (Å²) in [5.41, 5.74) is 6.80. The Hall–Kier alpha value is -0.550. The molecule has 0 spiro atoms. The van der Waals surface area contributed by atoms with Crippen molar-refractivity contribution in [2.75, 3.05) is 5.75 Å². The summed E-state index contributed by atoms with van der Waals surface area (Å²) in [6.45, 7) is 1.96. The number of hydrogen-bond donors (Lipinski definition) is 1. The average molecular weight is 227 g/mol. The quantitative estimate of drug-likeness (QED) is 0.458. The zero-order valence-electron chi connectivity index (χ0n) is 8.01. The highest BCUT2D eigenvalue weighted by atomic mass is 33.1. The van der Waals surface area contributed by atoms with Crippen molar-refractivity contribution in [3.05, 3.63) is 24.4 Å². The second kappa shape index (κ2) is 6.84. The van der Waals surface area contributed by atoms with E-state index < -0.39 is 0 Å². The van der Waals surface area contributed by atoms with Gasteiger partial charge in [0.1, 0.15) is 5.03 Å². The van der Waals surface area contributed by atoms with Gasteiger partial charge in [0.15, 0.2) is 0 Å².